The number of nitrogens with zero attached hydrogens (tertiary/aromatic N) is 3. The van der Waals surface area contributed by atoms with Gasteiger partial charge >= 0.3 is 6.03 Å². The van der Waals surface area contributed by atoms with Crippen molar-refractivity contribution >= 4 is 61.3 Å². The van der Waals surface area contributed by atoms with Gasteiger partial charge in [-0.2, -0.15) is 0 Å². The maximum absolute atomic E-state index is 13.5. The summed E-state index contributed by atoms with van der Waals surface area (Å²) >= 11 is 0. The van der Waals surface area contributed by atoms with Crippen molar-refractivity contribution in [2.45, 2.75) is 39.2 Å². The number of likely N-dealkylation sites (N-methyl/N-ethyl adjacent to an activating group) is 1. The summed E-state index contributed by atoms with van der Waals surface area (Å²) in [6.07, 6.45) is 2.68. The zero-order valence-corrected chi connectivity index (χ0v) is 36.1. The number of rotatable bonds is 14. The van der Waals surface area contributed by atoms with Crippen molar-refractivity contribution in [2.24, 2.45) is 0 Å². The fraction of sp³-hybridized carbons (Fsp3) is 0.341. The molecule has 60 heavy (non-hydrogen) atoms. The number of hydrogen-bond donors (Lipinski definition) is 5. The Labute approximate surface area is 351 Å². The molecule has 0 bridgehead atoms. The van der Waals surface area contributed by atoms with Gasteiger partial charge in [0, 0.05) is 73.6 Å². The number of sulfonamides is 1. The highest BCUT2D eigenvalue weighted by Gasteiger charge is 2.23. The standard InChI is InChI=1S/C44H54N8O7S/c1-28(27-52-21-19-51(5)20-22-52)46-42(53)34-14-13-30(25-39(34)57-6)47-40-26-31(17-18-45-40)59-38-16-15-35(32-11-9-10-12-33(32)38)48-43(54)49-36-23-29(44(2,3)4)24-37(41(36)58-7)50-60(8,55)56/h9-18,23-26,28,50H,19-22,27H2,1-8H3,(H,45,47)(H,46,53)(H2,48,49,54). The lowest BCUT2D eigenvalue weighted by atomic mass is 9.86. The largest absolute Gasteiger partial charge is 0.496 e. The number of anilines is 5. The summed E-state index contributed by atoms with van der Waals surface area (Å²) in [4.78, 5) is 35.9. The molecular weight excluding hydrogens is 785 g/mol. The predicted molar refractivity (Wildman–Crippen MR) is 238 cm³/mol. The second-order valence-electron chi connectivity index (χ2n) is 16.0. The number of fused-ring (bicyclic) bond motifs is 1. The van der Waals surface area contributed by atoms with Crippen LogP contribution in [0.4, 0.5) is 33.4 Å². The van der Waals surface area contributed by atoms with Gasteiger partial charge in [-0.15, -0.1) is 0 Å². The van der Waals surface area contributed by atoms with Crippen LogP contribution in [0.1, 0.15) is 43.6 Å². The van der Waals surface area contributed by atoms with Gasteiger partial charge in [-0.25, -0.2) is 18.2 Å². The van der Waals surface area contributed by atoms with Crippen LogP contribution < -0.4 is 40.2 Å². The molecule has 1 saturated heterocycles. The molecule has 2 heterocycles. The smallest absolute Gasteiger partial charge is 0.323 e. The van der Waals surface area contributed by atoms with Gasteiger partial charge in [0.15, 0.2) is 5.75 Å². The summed E-state index contributed by atoms with van der Waals surface area (Å²) in [7, 11) is 1.42. The monoisotopic (exact) mass is 838 g/mol. The molecule has 1 unspecified atom stereocenters. The molecule has 15 nitrogen and oxygen atoms in total. The lowest BCUT2D eigenvalue weighted by molar-refractivity contribution is 0.0911. The Balaban J connectivity index is 1.15. The minimum Gasteiger partial charge on any atom is -0.496 e. The number of carbonyl (C=O) groups excluding carboxylic acids is 2. The van der Waals surface area contributed by atoms with E-state index in [1.54, 1.807) is 60.8 Å². The Kier molecular flexibility index (Phi) is 13.4. The van der Waals surface area contributed by atoms with Crippen molar-refractivity contribution in [2.75, 3.05) is 80.9 Å². The minimum absolute atomic E-state index is 0.0331. The van der Waals surface area contributed by atoms with Crippen LogP contribution in [0.2, 0.25) is 0 Å². The molecule has 16 heteroatoms. The first-order valence-corrected chi connectivity index (χ1v) is 21.5. The fourth-order valence-electron chi connectivity index (χ4n) is 6.93. The van der Waals surface area contributed by atoms with Gasteiger partial charge in [-0.05, 0) is 67.4 Å². The second-order valence-corrected chi connectivity index (χ2v) is 17.7. The van der Waals surface area contributed by atoms with E-state index in [1.165, 1.54) is 14.2 Å². The van der Waals surface area contributed by atoms with Gasteiger partial charge in [-0.3, -0.25) is 14.4 Å². The van der Waals surface area contributed by atoms with Crippen LogP contribution >= 0.6 is 0 Å². The van der Waals surface area contributed by atoms with E-state index in [2.05, 4.69) is 47.8 Å². The number of nitrogens with one attached hydrogen (secondary N) is 5. The van der Waals surface area contributed by atoms with Gasteiger partial charge in [0.1, 0.15) is 23.1 Å². The molecule has 1 aliphatic rings. The Morgan fingerprint density at radius 1 is 0.833 bits per heavy atom. The highest BCUT2D eigenvalue weighted by atomic mass is 32.2. The van der Waals surface area contributed by atoms with Crippen LogP contribution in [-0.4, -0.2) is 101 Å². The second kappa shape index (κ2) is 18.4. The molecule has 0 spiro atoms. The molecule has 1 atom stereocenters. The van der Waals surface area contributed by atoms with Gasteiger partial charge in [0.05, 0.1) is 43.1 Å². The van der Waals surface area contributed by atoms with E-state index in [1.807, 2.05) is 52.0 Å². The highest BCUT2D eigenvalue weighted by Crippen LogP contribution is 2.40. The zero-order valence-electron chi connectivity index (χ0n) is 35.3. The van der Waals surface area contributed by atoms with Crippen LogP contribution in [0.3, 0.4) is 0 Å². The number of methoxy groups -OCH3 is 2. The van der Waals surface area contributed by atoms with Crippen LogP contribution in [0.15, 0.2) is 85.1 Å². The van der Waals surface area contributed by atoms with Crippen molar-refractivity contribution in [3.05, 3.63) is 96.2 Å². The first-order chi connectivity index (χ1) is 28.5. The molecule has 0 aliphatic carbocycles. The van der Waals surface area contributed by atoms with Crippen LogP contribution in [0.25, 0.3) is 10.8 Å². The number of benzene rings is 4. The number of aromatic nitrogens is 1. The number of amides is 3. The van der Waals surface area contributed by atoms with Gasteiger partial charge in [-0.1, -0.05) is 45.0 Å². The Morgan fingerprint density at radius 2 is 1.53 bits per heavy atom. The third-order valence-electron chi connectivity index (χ3n) is 10.0. The van der Waals surface area contributed by atoms with E-state index in [4.69, 9.17) is 14.2 Å². The molecule has 4 aromatic carbocycles. The summed E-state index contributed by atoms with van der Waals surface area (Å²) in [5.41, 5.74) is 2.54. The van der Waals surface area contributed by atoms with Gasteiger partial charge < -0.3 is 40.4 Å². The summed E-state index contributed by atoms with van der Waals surface area (Å²) in [6, 6.07) is 22.7. The summed E-state index contributed by atoms with van der Waals surface area (Å²) in [5, 5.41) is 13.6. The Hall–Kier alpha value is -6.10. The summed E-state index contributed by atoms with van der Waals surface area (Å²) in [5.74, 6) is 1.96. The predicted octanol–water partition coefficient (Wildman–Crippen LogP) is 7.47. The molecule has 0 saturated carbocycles. The van der Waals surface area contributed by atoms with Gasteiger partial charge in [0.25, 0.3) is 5.91 Å². The fourth-order valence-corrected chi connectivity index (χ4v) is 7.49. The van der Waals surface area contributed by atoms with Crippen molar-refractivity contribution in [1.82, 2.24) is 20.1 Å². The number of pyridine rings is 1. The number of hydrogen-bond acceptors (Lipinski definition) is 11. The van der Waals surface area contributed by atoms with Crippen LogP contribution in [0.5, 0.6) is 23.0 Å². The highest BCUT2D eigenvalue weighted by molar-refractivity contribution is 7.92. The van der Waals surface area contributed by atoms with E-state index < -0.39 is 16.1 Å². The number of ether oxygens (including phenoxy) is 3. The lowest BCUT2D eigenvalue weighted by Gasteiger charge is -2.34. The summed E-state index contributed by atoms with van der Waals surface area (Å²) in [6.45, 7) is 12.7. The van der Waals surface area contributed by atoms with E-state index in [0.717, 1.165) is 55.3 Å². The molecule has 1 fully saturated rings. The molecule has 5 aromatic rings. The van der Waals surface area contributed by atoms with Crippen molar-refractivity contribution in [3.8, 4) is 23.0 Å². The molecule has 1 aromatic heterocycles. The van der Waals surface area contributed by atoms with Gasteiger partial charge in [0.2, 0.25) is 10.0 Å². The van der Waals surface area contributed by atoms with Crippen LogP contribution in [0, 0.1) is 0 Å². The molecule has 6 rings (SSSR count). The first kappa shape index (κ1) is 43.5. The zero-order chi connectivity index (χ0) is 43.2. The van der Waals surface area contributed by atoms with E-state index in [-0.39, 0.29) is 28.8 Å². The molecule has 3 amide bonds. The average molecular weight is 839 g/mol. The van der Waals surface area contributed by atoms with E-state index in [9.17, 15) is 18.0 Å². The minimum atomic E-state index is -3.64. The van der Waals surface area contributed by atoms with E-state index in [0.29, 0.717) is 45.7 Å². The first-order valence-electron chi connectivity index (χ1n) is 19.6. The number of urea groups is 1. The molecule has 1 aliphatic heterocycles. The number of piperazine rings is 1. The maximum atomic E-state index is 13.5. The average Bonchev–Trinajstić information content (AvgIpc) is 3.18. The molecule has 318 valence electrons. The molecular formula is C44H54N8O7S. The lowest BCUT2D eigenvalue weighted by Crippen LogP contribution is -2.49. The third kappa shape index (κ3) is 11.1. The number of carbonyl (C=O) groups is 2. The molecule has 0 radical (unpaired) electrons. The Bertz CT molecular complexity index is 2470. The van der Waals surface area contributed by atoms with Crippen molar-refractivity contribution < 1.29 is 32.2 Å². The topological polar surface area (TPSA) is 175 Å². The summed E-state index contributed by atoms with van der Waals surface area (Å²) < 4.78 is 44.4. The Morgan fingerprint density at radius 3 is 2.22 bits per heavy atom. The third-order valence-corrected chi connectivity index (χ3v) is 10.6. The van der Waals surface area contributed by atoms with Crippen LogP contribution in [-0.2, 0) is 15.4 Å². The SMILES string of the molecule is COc1cc(Nc2cc(Oc3ccc(NC(=O)Nc4cc(C(C)(C)C)cc(NS(C)(=O)=O)c4OC)c4ccccc34)ccn2)ccc1C(=O)NC(C)CN1CCN(C)CC1. The van der Waals surface area contributed by atoms with Crippen molar-refractivity contribution in [3.63, 3.8) is 0 Å². The van der Waals surface area contributed by atoms with Crippen molar-refractivity contribution in [1.29, 1.82) is 0 Å². The maximum Gasteiger partial charge on any atom is 0.323 e. The quantitative estimate of drug-likeness (QED) is 0.0751. The van der Waals surface area contributed by atoms with E-state index >= 15 is 0 Å². The normalized spacial score (nSPS) is 14.2. The molecule has 5 N–H and O–H groups in total.